The molecule has 1 N–H and O–H groups in total. The van der Waals surface area contributed by atoms with Crippen LogP contribution < -0.4 is 4.90 Å². The molecule has 1 aromatic rings. The molecule has 3 rings (SSSR count). The molecule has 2 fully saturated rings. The van der Waals surface area contributed by atoms with Crippen LogP contribution in [0.15, 0.2) is 24.3 Å². The molecule has 1 aliphatic carbocycles. The Morgan fingerprint density at radius 2 is 1.81 bits per heavy atom. The molecule has 0 aromatic heterocycles. The van der Waals surface area contributed by atoms with Crippen molar-refractivity contribution in [3.05, 3.63) is 29.8 Å². The van der Waals surface area contributed by atoms with Crippen LogP contribution in [0.5, 0.6) is 0 Å². The molecular weight excluding hydrogens is 262 g/mol. The maximum atomic E-state index is 10.8. The average molecular weight is 287 g/mol. The highest BCUT2D eigenvalue weighted by atomic mass is 16.4. The van der Waals surface area contributed by atoms with Crippen LogP contribution >= 0.6 is 0 Å². The van der Waals surface area contributed by atoms with Crippen LogP contribution in [0.25, 0.3) is 0 Å². The Bertz CT molecular complexity index is 494. The van der Waals surface area contributed by atoms with E-state index in [-0.39, 0.29) is 12.3 Å². The Kier molecular flexibility index (Phi) is 3.92. The fourth-order valence-electron chi connectivity index (χ4n) is 3.96. The van der Waals surface area contributed by atoms with Crippen molar-refractivity contribution < 1.29 is 9.90 Å². The number of carboxylic acids is 1. The standard InChI is InChI=1S/C18H25NO2/c1-14(11-17(20)21)15-5-7-16(8-6-15)19-12-18(13-19)9-3-2-4-10-18/h5-8,14H,2-4,9-13H2,1H3,(H,20,21). The van der Waals surface area contributed by atoms with E-state index in [9.17, 15) is 4.79 Å². The van der Waals surface area contributed by atoms with Gasteiger partial charge in [0, 0.05) is 24.2 Å². The summed E-state index contributed by atoms with van der Waals surface area (Å²) in [5, 5.41) is 8.87. The lowest BCUT2D eigenvalue weighted by Crippen LogP contribution is -2.57. The van der Waals surface area contributed by atoms with Crippen molar-refractivity contribution in [2.45, 2.75) is 51.4 Å². The van der Waals surface area contributed by atoms with Crippen molar-refractivity contribution in [3.8, 4) is 0 Å². The Labute approximate surface area is 127 Å². The van der Waals surface area contributed by atoms with Crippen LogP contribution in [0, 0.1) is 5.41 Å². The Morgan fingerprint density at radius 3 is 2.38 bits per heavy atom. The monoisotopic (exact) mass is 287 g/mol. The molecule has 1 saturated carbocycles. The molecule has 0 bridgehead atoms. The van der Waals surface area contributed by atoms with Gasteiger partial charge in [0.25, 0.3) is 0 Å². The molecule has 2 aliphatic rings. The first-order chi connectivity index (χ1) is 10.1. The number of nitrogens with zero attached hydrogens (tertiary/aromatic N) is 1. The molecule has 3 heteroatoms. The molecule has 1 aromatic carbocycles. The average Bonchev–Trinajstić information content (AvgIpc) is 2.45. The van der Waals surface area contributed by atoms with Crippen LogP contribution in [-0.4, -0.2) is 24.2 Å². The molecule has 21 heavy (non-hydrogen) atoms. The van der Waals surface area contributed by atoms with Gasteiger partial charge in [-0.2, -0.15) is 0 Å². The number of aliphatic carboxylic acids is 1. The molecule has 114 valence electrons. The zero-order valence-electron chi connectivity index (χ0n) is 12.8. The minimum absolute atomic E-state index is 0.0811. The summed E-state index contributed by atoms with van der Waals surface area (Å²) in [6, 6.07) is 8.50. The minimum Gasteiger partial charge on any atom is -0.481 e. The van der Waals surface area contributed by atoms with E-state index >= 15 is 0 Å². The van der Waals surface area contributed by atoms with E-state index in [1.54, 1.807) is 0 Å². The zero-order chi connectivity index (χ0) is 14.9. The van der Waals surface area contributed by atoms with E-state index in [0.717, 1.165) is 5.56 Å². The van der Waals surface area contributed by atoms with E-state index in [4.69, 9.17) is 5.11 Å². The highest BCUT2D eigenvalue weighted by molar-refractivity contribution is 5.68. The number of anilines is 1. The first-order valence-corrected chi connectivity index (χ1v) is 8.15. The van der Waals surface area contributed by atoms with Gasteiger partial charge in [0.1, 0.15) is 0 Å². The molecule has 1 heterocycles. The SMILES string of the molecule is CC(CC(=O)O)c1ccc(N2CC3(CCCCC3)C2)cc1. The molecule has 0 amide bonds. The Balaban J connectivity index is 1.59. The molecule has 3 nitrogen and oxygen atoms in total. The second kappa shape index (κ2) is 5.70. The summed E-state index contributed by atoms with van der Waals surface area (Å²) in [7, 11) is 0. The smallest absolute Gasteiger partial charge is 0.303 e. The van der Waals surface area contributed by atoms with Crippen molar-refractivity contribution >= 4 is 11.7 Å². The van der Waals surface area contributed by atoms with E-state index in [0.29, 0.717) is 5.41 Å². The Morgan fingerprint density at radius 1 is 1.19 bits per heavy atom. The second-order valence-corrected chi connectivity index (χ2v) is 7.01. The van der Waals surface area contributed by atoms with Crippen LogP contribution in [0.3, 0.4) is 0 Å². The summed E-state index contributed by atoms with van der Waals surface area (Å²) < 4.78 is 0. The van der Waals surface area contributed by atoms with E-state index in [2.05, 4.69) is 29.2 Å². The lowest BCUT2D eigenvalue weighted by atomic mass is 9.68. The fraction of sp³-hybridized carbons (Fsp3) is 0.611. The molecule has 1 saturated heterocycles. The molecule has 1 spiro atoms. The summed E-state index contributed by atoms with van der Waals surface area (Å²) in [4.78, 5) is 13.2. The molecule has 1 atom stereocenters. The number of rotatable bonds is 4. The van der Waals surface area contributed by atoms with Crippen LogP contribution in [-0.2, 0) is 4.79 Å². The number of carbonyl (C=O) groups is 1. The van der Waals surface area contributed by atoms with Gasteiger partial charge >= 0.3 is 5.97 Å². The van der Waals surface area contributed by atoms with Gasteiger partial charge in [-0.05, 0) is 36.5 Å². The van der Waals surface area contributed by atoms with Crippen molar-refractivity contribution in [2.75, 3.05) is 18.0 Å². The number of hydrogen-bond donors (Lipinski definition) is 1. The third-order valence-corrected chi connectivity index (χ3v) is 5.27. The predicted molar refractivity (Wildman–Crippen MR) is 84.8 cm³/mol. The van der Waals surface area contributed by atoms with Gasteiger partial charge in [-0.25, -0.2) is 0 Å². The van der Waals surface area contributed by atoms with E-state index in [1.165, 1.54) is 50.9 Å². The Hall–Kier alpha value is -1.51. The first kappa shape index (κ1) is 14.4. The van der Waals surface area contributed by atoms with Crippen molar-refractivity contribution in [1.82, 2.24) is 0 Å². The van der Waals surface area contributed by atoms with Gasteiger partial charge in [0.05, 0.1) is 6.42 Å². The first-order valence-electron chi connectivity index (χ1n) is 8.15. The van der Waals surface area contributed by atoms with Gasteiger partial charge in [0.15, 0.2) is 0 Å². The van der Waals surface area contributed by atoms with Crippen molar-refractivity contribution in [1.29, 1.82) is 0 Å². The van der Waals surface area contributed by atoms with Gasteiger partial charge in [-0.1, -0.05) is 38.3 Å². The van der Waals surface area contributed by atoms with Crippen molar-refractivity contribution in [2.24, 2.45) is 5.41 Å². The van der Waals surface area contributed by atoms with E-state index < -0.39 is 5.97 Å². The number of hydrogen-bond acceptors (Lipinski definition) is 2. The normalized spacial score (nSPS) is 21.9. The fourth-order valence-corrected chi connectivity index (χ4v) is 3.96. The maximum Gasteiger partial charge on any atom is 0.303 e. The highest BCUT2D eigenvalue weighted by Gasteiger charge is 2.43. The zero-order valence-corrected chi connectivity index (χ0v) is 12.8. The molecule has 1 aliphatic heterocycles. The third kappa shape index (κ3) is 3.07. The summed E-state index contributed by atoms with van der Waals surface area (Å²) in [5.74, 6) is -0.647. The molecule has 1 unspecified atom stereocenters. The van der Waals surface area contributed by atoms with Gasteiger partial charge in [-0.15, -0.1) is 0 Å². The highest BCUT2D eigenvalue weighted by Crippen LogP contribution is 2.45. The quantitative estimate of drug-likeness (QED) is 0.908. The van der Waals surface area contributed by atoms with Crippen LogP contribution in [0.4, 0.5) is 5.69 Å². The summed E-state index contributed by atoms with van der Waals surface area (Å²) in [5.41, 5.74) is 3.01. The second-order valence-electron chi connectivity index (χ2n) is 7.01. The number of carboxylic acid groups (broad SMARTS) is 1. The number of benzene rings is 1. The van der Waals surface area contributed by atoms with Crippen LogP contribution in [0.1, 0.15) is 56.9 Å². The lowest BCUT2D eigenvalue weighted by Gasteiger charge is -2.53. The minimum atomic E-state index is -0.728. The summed E-state index contributed by atoms with van der Waals surface area (Å²) >= 11 is 0. The van der Waals surface area contributed by atoms with Gasteiger partial charge < -0.3 is 10.0 Å². The lowest BCUT2D eigenvalue weighted by molar-refractivity contribution is -0.137. The summed E-state index contributed by atoms with van der Waals surface area (Å²) in [6.45, 7) is 4.39. The topological polar surface area (TPSA) is 40.5 Å². The van der Waals surface area contributed by atoms with Crippen molar-refractivity contribution in [3.63, 3.8) is 0 Å². The largest absolute Gasteiger partial charge is 0.481 e. The third-order valence-electron chi connectivity index (χ3n) is 5.27. The van der Waals surface area contributed by atoms with Gasteiger partial charge in [-0.3, -0.25) is 4.79 Å². The molecular formula is C18H25NO2. The summed E-state index contributed by atoms with van der Waals surface area (Å²) in [6.07, 6.45) is 7.22. The maximum absolute atomic E-state index is 10.8. The van der Waals surface area contributed by atoms with E-state index in [1.807, 2.05) is 6.92 Å². The van der Waals surface area contributed by atoms with Crippen LogP contribution in [0.2, 0.25) is 0 Å². The predicted octanol–water partition coefficient (Wildman–Crippen LogP) is 4.04. The molecule has 0 radical (unpaired) electrons. The van der Waals surface area contributed by atoms with Gasteiger partial charge in [0.2, 0.25) is 0 Å².